The maximum atomic E-state index is 10.8. The standard InChI is InChI=1S/C14H10N2O3S/c1-8-6-20-12-11(8)15-7-16-13(12)19-10-4-2-9(3-5-10)14(17)18/h2-7H,1H3,(H,17,18). The van der Waals surface area contributed by atoms with E-state index in [9.17, 15) is 4.79 Å². The molecule has 0 unspecified atom stereocenters. The number of carbonyl (C=O) groups is 1. The van der Waals surface area contributed by atoms with Crippen molar-refractivity contribution in [2.24, 2.45) is 0 Å². The van der Waals surface area contributed by atoms with Crippen LogP contribution in [-0.4, -0.2) is 21.0 Å². The van der Waals surface area contributed by atoms with Crippen molar-refractivity contribution in [1.82, 2.24) is 9.97 Å². The number of aromatic nitrogens is 2. The van der Waals surface area contributed by atoms with Crippen LogP contribution in [0.3, 0.4) is 0 Å². The number of rotatable bonds is 3. The van der Waals surface area contributed by atoms with Crippen LogP contribution < -0.4 is 4.74 Å². The zero-order valence-electron chi connectivity index (χ0n) is 10.5. The van der Waals surface area contributed by atoms with Gasteiger partial charge in [0.25, 0.3) is 0 Å². The molecule has 3 aromatic rings. The fourth-order valence-corrected chi connectivity index (χ4v) is 2.72. The Kier molecular flexibility index (Phi) is 3.08. The van der Waals surface area contributed by atoms with Crippen molar-refractivity contribution < 1.29 is 14.6 Å². The lowest BCUT2D eigenvalue weighted by atomic mass is 10.2. The summed E-state index contributed by atoms with van der Waals surface area (Å²) in [6.45, 7) is 1.98. The van der Waals surface area contributed by atoms with Gasteiger partial charge in [-0.1, -0.05) is 0 Å². The first kappa shape index (κ1) is 12.6. The van der Waals surface area contributed by atoms with Crippen molar-refractivity contribution in [2.45, 2.75) is 6.92 Å². The Labute approximate surface area is 118 Å². The number of aromatic carboxylic acids is 1. The van der Waals surface area contributed by atoms with E-state index in [1.54, 1.807) is 12.1 Å². The zero-order valence-corrected chi connectivity index (χ0v) is 11.3. The number of fused-ring (bicyclic) bond motifs is 1. The Hall–Kier alpha value is -2.47. The highest BCUT2D eigenvalue weighted by Crippen LogP contribution is 2.32. The first-order valence-electron chi connectivity index (χ1n) is 5.85. The van der Waals surface area contributed by atoms with Crippen LogP contribution in [0.2, 0.25) is 0 Å². The first-order chi connectivity index (χ1) is 9.65. The van der Waals surface area contributed by atoms with E-state index in [0.717, 1.165) is 15.8 Å². The minimum absolute atomic E-state index is 0.220. The maximum absolute atomic E-state index is 10.8. The fraction of sp³-hybridized carbons (Fsp3) is 0.0714. The Balaban J connectivity index is 1.95. The van der Waals surface area contributed by atoms with Crippen LogP contribution >= 0.6 is 11.3 Å². The third-order valence-electron chi connectivity index (χ3n) is 2.81. The highest BCUT2D eigenvalue weighted by molar-refractivity contribution is 7.17. The van der Waals surface area contributed by atoms with Crippen LogP contribution in [0.25, 0.3) is 10.2 Å². The number of carboxylic acids is 1. The molecule has 1 N–H and O–H groups in total. The first-order valence-corrected chi connectivity index (χ1v) is 6.73. The van der Waals surface area contributed by atoms with Crippen molar-refractivity contribution in [3.05, 3.63) is 47.1 Å². The SMILES string of the molecule is Cc1csc2c(Oc3ccc(C(=O)O)cc3)ncnc12. The minimum Gasteiger partial charge on any atom is -0.478 e. The van der Waals surface area contributed by atoms with Crippen LogP contribution in [0.4, 0.5) is 0 Å². The lowest BCUT2D eigenvalue weighted by Gasteiger charge is -2.05. The van der Waals surface area contributed by atoms with E-state index in [4.69, 9.17) is 9.84 Å². The van der Waals surface area contributed by atoms with Crippen LogP contribution in [0.5, 0.6) is 11.6 Å². The molecule has 100 valence electrons. The Morgan fingerprint density at radius 3 is 2.70 bits per heavy atom. The van der Waals surface area contributed by atoms with Gasteiger partial charge in [-0.3, -0.25) is 0 Å². The Bertz CT molecular complexity index is 781. The molecule has 0 fully saturated rings. The molecule has 3 rings (SSSR count). The van der Waals surface area contributed by atoms with Gasteiger partial charge in [0.05, 0.1) is 11.1 Å². The van der Waals surface area contributed by atoms with Crippen LogP contribution in [0.15, 0.2) is 36.0 Å². The predicted octanol–water partition coefficient (Wildman–Crippen LogP) is 3.49. The Morgan fingerprint density at radius 1 is 1.25 bits per heavy atom. The number of hydrogen-bond donors (Lipinski definition) is 1. The summed E-state index contributed by atoms with van der Waals surface area (Å²) in [5.41, 5.74) is 2.18. The predicted molar refractivity (Wildman–Crippen MR) is 75.6 cm³/mol. The summed E-state index contributed by atoms with van der Waals surface area (Å²) in [6.07, 6.45) is 1.46. The number of carboxylic acid groups (broad SMARTS) is 1. The van der Waals surface area contributed by atoms with Gasteiger partial charge in [-0.25, -0.2) is 14.8 Å². The van der Waals surface area contributed by atoms with Gasteiger partial charge >= 0.3 is 5.97 Å². The van der Waals surface area contributed by atoms with Gasteiger partial charge in [0.2, 0.25) is 5.88 Å². The van der Waals surface area contributed by atoms with E-state index in [-0.39, 0.29) is 5.56 Å². The number of nitrogens with zero attached hydrogens (tertiary/aromatic N) is 2. The summed E-state index contributed by atoms with van der Waals surface area (Å²) in [5, 5.41) is 10.8. The van der Waals surface area contributed by atoms with Gasteiger partial charge < -0.3 is 9.84 Å². The monoisotopic (exact) mass is 286 g/mol. The molecule has 0 atom stereocenters. The van der Waals surface area contributed by atoms with Crippen LogP contribution in [0.1, 0.15) is 15.9 Å². The number of aryl methyl sites for hydroxylation is 1. The molecule has 0 radical (unpaired) electrons. The molecule has 1 aromatic carbocycles. The topological polar surface area (TPSA) is 72.3 Å². The van der Waals surface area contributed by atoms with Gasteiger partial charge in [-0.15, -0.1) is 11.3 Å². The quantitative estimate of drug-likeness (QED) is 0.798. The molecule has 0 bridgehead atoms. The summed E-state index contributed by atoms with van der Waals surface area (Å²) in [5.74, 6) is 0.0621. The summed E-state index contributed by atoms with van der Waals surface area (Å²) < 4.78 is 6.59. The third kappa shape index (κ3) is 2.21. The number of thiophene rings is 1. The fourth-order valence-electron chi connectivity index (χ4n) is 1.80. The minimum atomic E-state index is -0.963. The lowest BCUT2D eigenvalue weighted by Crippen LogP contribution is -1.95. The number of benzene rings is 1. The molecule has 0 aliphatic carbocycles. The summed E-state index contributed by atoms with van der Waals surface area (Å²) in [6, 6.07) is 6.21. The van der Waals surface area contributed by atoms with Crippen molar-refractivity contribution in [3.8, 4) is 11.6 Å². The van der Waals surface area contributed by atoms with E-state index in [1.165, 1.54) is 29.8 Å². The molecule has 0 amide bonds. The van der Waals surface area contributed by atoms with Gasteiger partial charge in [-0.2, -0.15) is 0 Å². The molecule has 0 saturated heterocycles. The average Bonchev–Trinajstić information content (AvgIpc) is 2.82. The van der Waals surface area contributed by atoms with Crippen molar-refractivity contribution in [1.29, 1.82) is 0 Å². The molecule has 20 heavy (non-hydrogen) atoms. The maximum Gasteiger partial charge on any atom is 0.335 e. The molecule has 0 spiro atoms. The zero-order chi connectivity index (χ0) is 14.1. The molecule has 2 heterocycles. The summed E-state index contributed by atoms with van der Waals surface area (Å²) in [7, 11) is 0. The molecule has 6 heteroatoms. The molecule has 0 aliphatic heterocycles. The smallest absolute Gasteiger partial charge is 0.335 e. The molecular weight excluding hydrogens is 276 g/mol. The van der Waals surface area contributed by atoms with Gasteiger partial charge in [-0.05, 0) is 42.1 Å². The van der Waals surface area contributed by atoms with Crippen molar-refractivity contribution in [2.75, 3.05) is 0 Å². The molecule has 0 aliphatic rings. The molecule has 2 aromatic heterocycles. The summed E-state index contributed by atoms with van der Waals surface area (Å²) >= 11 is 1.52. The second-order valence-electron chi connectivity index (χ2n) is 4.21. The van der Waals surface area contributed by atoms with E-state index in [2.05, 4.69) is 9.97 Å². The molecule has 5 nitrogen and oxygen atoms in total. The second-order valence-corrected chi connectivity index (χ2v) is 5.09. The normalized spacial score (nSPS) is 10.7. The van der Waals surface area contributed by atoms with Crippen LogP contribution in [0, 0.1) is 6.92 Å². The van der Waals surface area contributed by atoms with Crippen LogP contribution in [-0.2, 0) is 0 Å². The average molecular weight is 286 g/mol. The Morgan fingerprint density at radius 2 is 2.00 bits per heavy atom. The van der Waals surface area contributed by atoms with E-state index >= 15 is 0 Å². The van der Waals surface area contributed by atoms with Gasteiger partial charge in [0.1, 0.15) is 16.8 Å². The van der Waals surface area contributed by atoms with E-state index < -0.39 is 5.97 Å². The van der Waals surface area contributed by atoms with E-state index in [1.807, 2.05) is 12.3 Å². The largest absolute Gasteiger partial charge is 0.478 e. The van der Waals surface area contributed by atoms with Crippen molar-refractivity contribution in [3.63, 3.8) is 0 Å². The molecule has 0 saturated carbocycles. The number of hydrogen-bond acceptors (Lipinski definition) is 5. The summed E-state index contributed by atoms with van der Waals surface area (Å²) in [4.78, 5) is 19.1. The second kappa shape index (κ2) is 4.90. The third-order valence-corrected chi connectivity index (χ3v) is 3.89. The van der Waals surface area contributed by atoms with Gasteiger partial charge in [0, 0.05) is 0 Å². The lowest BCUT2D eigenvalue weighted by molar-refractivity contribution is 0.0697. The van der Waals surface area contributed by atoms with Gasteiger partial charge in [0.15, 0.2) is 0 Å². The number of ether oxygens (including phenoxy) is 1. The highest BCUT2D eigenvalue weighted by atomic mass is 32.1. The van der Waals surface area contributed by atoms with E-state index in [0.29, 0.717) is 11.6 Å². The highest BCUT2D eigenvalue weighted by Gasteiger charge is 2.10. The molecular formula is C14H10N2O3S. The van der Waals surface area contributed by atoms with Crippen molar-refractivity contribution >= 4 is 27.5 Å².